The second-order valence-corrected chi connectivity index (χ2v) is 6.74. The Morgan fingerprint density at radius 3 is 2.38 bits per heavy atom. The highest BCUT2D eigenvalue weighted by Crippen LogP contribution is 2.16. The van der Waals surface area contributed by atoms with E-state index in [2.05, 4.69) is 44.6 Å². The first kappa shape index (κ1) is 25.2. The smallest absolute Gasteiger partial charge is 0.223 e. The number of halogens is 3. The SMILES string of the molecule is CC(C(=O)NCc1ccc(N2CCN(C)CC2)nc1)C1CNC1.Cl.Cl.Cl. The minimum Gasteiger partial charge on any atom is -0.354 e. The van der Waals surface area contributed by atoms with Crippen LogP contribution in [0.4, 0.5) is 5.82 Å². The van der Waals surface area contributed by atoms with Gasteiger partial charge in [0.05, 0.1) is 0 Å². The number of rotatable bonds is 5. The lowest BCUT2D eigenvalue weighted by Gasteiger charge is -2.33. The first-order chi connectivity index (χ1) is 11.1. The number of aromatic nitrogens is 1. The fourth-order valence-corrected chi connectivity index (χ4v) is 2.97. The summed E-state index contributed by atoms with van der Waals surface area (Å²) in [6, 6.07) is 4.13. The molecule has 26 heavy (non-hydrogen) atoms. The van der Waals surface area contributed by atoms with Crippen LogP contribution in [0.15, 0.2) is 18.3 Å². The largest absolute Gasteiger partial charge is 0.354 e. The maximum atomic E-state index is 12.1. The number of carbonyl (C=O) groups is 1. The Labute approximate surface area is 174 Å². The molecule has 3 heterocycles. The normalized spacial score (nSPS) is 18.5. The number of hydrogen-bond donors (Lipinski definition) is 2. The maximum Gasteiger partial charge on any atom is 0.223 e. The van der Waals surface area contributed by atoms with Gasteiger partial charge in [-0.25, -0.2) is 4.98 Å². The van der Waals surface area contributed by atoms with Crippen molar-refractivity contribution in [3.8, 4) is 0 Å². The Balaban J connectivity index is 0.00000208. The molecule has 0 aromatic carbocycles. The van der Waals surface area contributed by atoms with E-state index in [9.17, 15) is 4.79 Å². The van der Waals surface area contributed by atoms with Crippen molar-refractivity contribution in [1.29, 1.82) is 0 Å². The minimum atomic E-state index is 0. The molecule has 0 bridgehead atoms. The van der Waals surface area contributed by atoms with Gasteiger partial charge in [-0.1, -0.05) is 13.0 Å². The summed E-state index contributed by atoms with van der Waals surface area (Å²) in [5.41, 5.74) is 1.05. The van der Waals surface area contributed by atoms with Crippen LogP contribution < -0.4 is 15.5 Å². The number of anilines is 1. The van der Waals surface area contributed by atoms with Crippen molar-refractivity contribution in [2.24, 2.45) is 11.8 Å². The predicted octanol–water partition coefficient (Wildman–Crippen LogP) is 1.57. The Morgan fingerprint density at radius 1 is 1.23 bits per heavy atom. The number of amides is 1. The lowest BCUT2D eigenvalue weighted by atomic mass is 9.88. The van der Waals surface area contributed by atoms with Gasteiger partial charge in [0.15, 0.2) is 0 Å². The van der Waals surface area contributed by atoms with E-state index < -0.39 is 0 Å². The van der Waals surface area contributed by atoms with Crippen LogP contribution in [0, 0.1) is 11.8 Å². The topological polar surface area (TPSA) is 60.5 Å². The fourth-order valence-electron chi connectivity index (χ4n) is 2.97. The van der Waals surface area contributed by atoms with E-state index in [0.29, 0.717) is 12.5 Å². The summed E-state index contributed by atoms with van der Waals surface area (Å²) in [5, 5.41) is 6.24. The highest BCUT2D eigenvalue weighted by atomic mass is 35.5. The first-order valence-corrected chi connectivity index (χ1v) is 8.50. The average Bonchev–Trinajstić information content (AvgIpc) is 2.52. The average molecular weight is 427 g/mol. The van der Waals surface area contributed by atoms with Crippen molar-refractivity contribution in [1.82, 2.24) is 20.5 Å². The van der Waals surface area contributed by atoms with E-state index in [1.807, 2.05) is 13.1 Å². The molecule has 6 nitrogen and oxygen atoms in total. The zero-order valence-electron chi connectivity index (χ0n) is 15.3. The second-order valence-electron chi connectivity index (χ2n) is 6.74. The third-order valence-electron chi connectivity index (χ3n) is 5.04. The summed E-state index contributed by atoms with van der Waals surface area (Å²) in [5.74, 6) is 1.73. The molecule has 9 heteroatoms. The van der Waals surface area contributed by atoms with Gasteiger partial charge in [-0.3, -0.25) is 4.79 Å². The quantitative estimate of drug-likeness (QED) is 0.748. The van der Waals surface area contributed by atoms with Crippen molar-refractivity contribution in [2.45, 2.75) is 13.5 Å². The number of pyridine rings is 1. The number of likely N-dealkylation sites (N-methyl/N-ethyl adjacent to an activating group) is 1. The minimum absolute atomic E-state index is 0. The molecule has 2 aliphatic rings. The van der Waals surface area contributed by atoms with Gasteiger partial charge >= 0.3 is 0 Å². The summed E-state index contributed by atoms with van der Waals surface area (Å²) in [6.07, 6.45) is 1.88. The molecule has 3 rings (SSSR count). The zero-order valence-corrected chi connectivity index (χ0v) is 17.8. The van der Waals surface area contributed by atoms with E-state index >= 15 is 0 Å². The van der Waals surface area contributed by atoms with Crippen LogP contribution in [-0.4, -0.2) is 62.1 Å². The molecule has 1 amide bonds. The summed E-state index contributed by atoms with van der Waals surface area (Å²) in [4.78, 5) is 21.3. The molecule has 1 atom stereocenters. The molecule has 1 unspecified atom stereocenters. The van der Waals surface area contributed by atoms with Gasteiger partial charge in [0.2, 0.25) is 5.91 Å². The van der Waals surface area contributed by atoms with Crippen molar-refractivity contribution in [3.05, 3.63) is 23.9 Å². The molecule has 0 spiro atoms. The summed E-state index contributed by atoms with van der Waals surface area (Å²) in [7, 11) is 2.15. The Bertz CT molecular complexity index is 534. The summed E-state index contributed by atoms with van der Waals surface area (Å²) < 4.78 is 0. The highest BCUT2D eigenvalue weighted by molar-refractivity contribution is 5.86. The second kappa shape index (κ2) is 11.8. The van der Waals surface area contributed by atoms with E-state index in [0.717, 1.165) is 50.6 Å². The van der Waals surface area contributed by atoms with Gasteiger partial charge in [-0.2, -0.15) is 0 Å². The van der Waals surface area contributed by atoms with Gasteiger partial charge in [0.1, 0.15) is 5.82 Å². The van der Waals surface area contributed by atoms with Crippen LogP contribution in [-0.2, 0) is 11.3 Å². The fraction of sp³-hybridized carbons (Fsp3) is 0.647. The molecule has 2 aliphatic heterocycles. The highest BCUT2D eigenvalue weighted by Gasteiger charge is 2.28. The number of nitrogens with one attached hydrogen (secondary N) is 2. The molecule has 2 N–H and O–H groups in total. The third kappa shape index (κ3) is 6.43. The van der Waals surface area contributed by atoms with Crippen molar-refractivity contribution < 1.29 is 4.79 Å². The Kier molecular flexibility index (Phi) is 11.5. The lowest BCUT2D eigenvalue weighted by Crippen LogP contribution is -2.49. The van der Waals surface area contributed by atoms with Gasteiger partial charge in [0, 0.05) is 44.8 Å². The van der Waals surface area contributed by atoms with E-state index in [1.54, 1.807) is 0 Å². The first-order valence-electron chi connectivity index (χ1n) is 8.50. The summed E-state index contributed by atoms with van der Waals surface area (Å²) >= 11 is 0. The van der Waals surface area contributed by atoms with E-state index in [1.165, 1.54) is 0 Å². The van der Waals surface area contributed by atoms with Crippen molar-refractivity contribution in [2.75, 3.05) is 51.2 Å². The molecule has 2 saturated heterocycles. The van der Waals surface area contributed by atoms with Crippen LogP contribution in [0.3, 0.4) is 0 Å². The van der Waals surface area contributed by atoms with Gasteiger partial charge in [-0.15, -0.1) is 37.2 Å². The number of hydrogen-bond acceptors (Lipinski definition) is 5. The van der Waals surface area contributed by atoms with Gasteiger partial charge in [0.25, 0.3) is 0 Å². The van der Waals surface area contributed by atoms with E-state index in [4.69, 9.17) is 0 Å². The molecule has 0 saturated carbocycles. The predicted molar refractivity (Wildman–Crippen MR) is 113 cm³/mol. The van der Waals surface area contributed by atoms with Crippen LogP contribution in [0.25, 0.3) is 0 Å². The lowest BCUT2D eigenvalue weighted by molar-refractivity contribution is -0.126. The molecular weight excluding hydrogens is 397 g/mol. The van der Waals surface area contributed by atoms with E-state index in [-0.39, 0.29) is 49.0 Å². The maximum absolute atomic E-state index is 12.1. The summed E-state index contributed by atoms with van der Waals surface area (Å²) in [6.45, 7) is 8.67. The zero-order chi connectivity index (χ0) is 16.2. The monoisotopic (exact) mass is 425 g/mol. The molecule has 1 aromatic rings. The molecule has 0 aliphatic carbocycles. The molecule has 150 valence electrons. The van der Waals surface area contributed by atoms with Crippen molar-refractivity contribution in [3.63, 3.8) is 0 Å². The van der Waals surface area contributed by atoms with Gasteiger partial charge < -0.3 is 20.4 Å². The van der Waals surface area contributed by atoms with Crippen LogP contribution in [0.2, 0.25) is 0 Å². The van der Waals surface area contributed by atoms with Gasteiger partial charge in [-0.05, 0) is 37.7 Å². The number of nitrogens with zero attached hydrogens (tertiary/aromatic N) is 3. The number of piperazine rings is 1. The molecule has 0 radical (unpaired) electrons. The van der Waals surface area contributed by atoms with Crippen molar-refractivity contribution >= 4 is 48.9 Å². The standard InChI is InChI=1S/C17H27N5O.3ClH/c1-13(15-11-18-12-15)17(23)20-10-14-3-4-16(19-9-14)22-7-5-21(2)6-8-22;;;/h3-4,9,13,15,18H,5-8,10-12H2,1-2H3,(H,20,23);3*1H. The Morgan fingerprint density at radius 2 is 1.88 bits per heavy atom. The third-order valence-corrected chi connectivity index (χ3v) is 5.04. The number of carbonyl (C=O) groups excluding carboxylic acids is 1. The Hall–Kier alpha value is -0.790. The molecule has 2 fully saturated rings. The van der Waals surface area contributed by atoms with Crippen LogP contribution in [0.1, 0.15) is 12.5 Å². The molecular formula is C17H30Cl3N5O. The van der Waals surface area contributed by atoms with Crippen LogP contribution in [0.5, 0.6) is 0 Å². The van der Waals surface area contributed by atoms with Crippen LogP contribution >= 0.6 is 37.2 Å². The molecule has 1 aromatic heterocycles.